The number of fused-ring (bicyclic) bond motifs is 1. The molecule has 3 nitrogen and oxygen atoms in total. The van der Waals surface area contributed by atoms with E-state index < -0.39 is 11.7 Å². The Morgan fingerprint density at radius 1 is 1.38 bits per heavy atom. The van der Waals surface area contributed by atoms with Crippen molar-refractivity contribution < 1.29 is 13.2 Å². The molecule has 1 atom stereocenters. The van der Waals surface area contributed by atoms with Crippen molar-refractivity contribution in [3.63, 3.8) is 0 Å². The highest BCUT2D eigenvalue weighted by Crippen LogP contribution is 2.31. The van der Waals surface area contributed by atoms with Gasteiger partial charge in [-0.1, -0.05) is 0 Å². The van der Waals surface area contributed by atoms with Crippen molar-refractivity contribution in [3.8, 4) is 0 Å². The molecule has 6 heteroatoms. The number of halogens is 3. The van der Waals surface area contributed by atoms with E-state index in [2.05, 4.69) is 9.97 Å². The van der Waals surface area contributed by atoms with Gasteiger partial charge in [0.1, 0.15) is 5.82 Å². The number of aromatic amines is 1. The van der Waals surface area contributed by atoms with Gasteiger partial charge in [-0.05, 0) is 25.1 Å². The molecule has 86 valence electrons. The minimum atomic E-state index is -4.35. The first-order chi connectivity index (χ1) is 7.38. The van der Waals surface area contributed by atoms with Crippen molar-refractivity contribution in [2.45, 2.75) is 19.1 Å². The molecule has 0 saturated carbocycles. The van der Waals surface area contributed by atoms with Crippen molar-refractivity contribution >= 4 is 11.0 Å². The molecule has 2 aromatic rings. The summed E-state index contributed by atoms with van der Waals surface area (Å²) in [6.45, 7) is 1.71. The first-order valence-electron chi connectivity index (χ1n) is 4.70. The summed E-state index contributed by atoms with van der Waals surface area (Å²) < 4.78 is 37.3. The number of H-pyrrole nitrogens is 1. The van der Waals surface area contributed by atoms with Gasteiger partial charge in [0.2, 0.25) is 0 Å². The number of alkyl halides is 3. The Morgan fingerprint density at radius 3 is 2.62 bits per heavy atom. The third kappa shape index (κ3) is 1.88. The number of hydrogen-bond donors (Lipinski definition) is 2. The normalized spacial score (nSPS) is 14.3. The maximum absolute atomic E-state index is 12.4. The van der Waals surface area contributed by atoms with Crippen LogP contribution in [0.25, 0.3) is 11.0 Å². The van der Waals surface area contributed by atoms with Crippen LogP contribution in [0.4, 0.5) is 13.2 Å². The zero-order valence-corrected chi connectivity index (χ0v) is 8.47. The maximum Gasteiger partial charge on any atom is 0.416 e. The lowest BCUT2D eigenvalue weighted by Crippen LogP contribution is -2.06. The minimum absolute atomic E-state index is 0.280. The summed E-state index contributed by atoms with van der Waals surface area (Å²) in [5, 5.41) is 0. The molecule has 2 rings (SSSR count). The molecule has 0 bridgehead atoms. The second-order valence-corrected chi connectivity index (χ2v) is 3.64. The van der Waals surface area contributed by atoms with Crippen molar-refractivity contribution in [1.82, 2.24) is 9.97 Å². The molecule has 0 aliphatic carbocycles. The number of nitrogens with zero attached hydrogens (tertiary/aromatic N) is 1. The number of nitrogens with one attached hydrogen (secondary N) is 1. The third-order valence-corrected chi connectivity index (χ3v) is 2.26. The average molecular weight is 229 g/mol. The number of hydrogen-bond acceptors (Lipinski definition) is 2. The summed E-state index contributed by atoms with van der Waals surface area (Å²) in [5.74, 6) is 0.481. The predicted molar refractivity (Wildman–Crippen MR) is 53.7 cm³/mol. The monoisotopic (exact) mass is 229 g/mol. The Hall–Kier alpha value is -1.56. The van der Waals surface area contributed by atoms with Gasteiger partial charge < -0.3 is 10.7 Å². The van der Waals surface area contributed by atoms with Crippen molar-refractivity contribution in [1.29, 1.82) is 0 Å². The molecule has 0 radical (unpaired) electrons. The lowest BCUT2D eigenvalue weighted by atomic mass is 10.2. The van der Waals surface area contributed by atoms with Crippen molar-refractivity contribution in [2.24, 2.45) is 5.73 Å². The summed E-state index contributed by atoms with van der Waals surface area (Å²) in [4.78, 5) is 6.88. The highest BCUT2D eigenvalue weighted by Gasteiger charge is 2.30. The van der Waals surface area contributed by atoms with Gasteiger partial charge in [-0.2, -0.15) is 13.2 Å². The molecule has 1 aromatic carbocycles. The molecule has 1 unspecified atom stereocenters. The Balaban J connectivity index is 2.54. The van der Waals surface area contributed by atoms with Crippen LogP contribution in [0.2, 0.25) is 0 Å². The van der Waals surface area contributed by atoms with Gasteiger partial charge in [0.15, 0.2) is 0 Å². The Labute approximate surface area is 89.5 Å². The topological polar surface area (TPSA) is 54.7 Å². The Kier molecular flexibility index (Phi) is 2.38. The summed E-state index contributed by atoms with van der Waals surface area (Å²) in [7, 11) is 0. The molecule has 1 heterocycles. The fourth-order valence-electron chi connectivity index (χ4n) is 1.42. The van der Waals surface area contributed by atoms with E-state index in [4.69, 9.17) is 5.73 Å². The summed E-state index contributed by atoms with van der Waals surface area (Å²) in [6.07, 6.45) is -4.35. The van der Waals surface area contributed by atoms with Crippen molar-refractivity contribution in [3.05, 3.63) is 29.6 Å². The number of aromatic nitrogens is 2. The van der Waals surface area contributed by atoms with E-state index in [0.717, 1.165) is 12.1 Å². The molecular formula is C10H10F3N3. The summed E-state index contributed by atoms with van der Waals surface area (Å²) in [6, 6.07) is 3.06. The molecule has 0 fully saturated rings. The van der Waals surface area contributed by atoms with E-state index >= 15 is 0 Å². The lowest BCUT2D eigenvalue weighted by Gasteiger charge is -2.04. The van der Waals surface area contributed by atoms with Crippen LogP contribution in [0.1, 0.15) is 24.4 Å². The smallest absolute Gasteiger partial charge is 0.341 e. The quantitative estimate of drug-likeness (QED) is 0.789. The first-order valence-corrected chi connectivity index (χ1v) is 4.70. The molecule has 16 heavy (non-hydrogen) atoms. The average Bonchev–Trinajstić information content (AvgIpc) is 2.58. The molecular weight excluding hydrogens is 219 g/mol. The number of nitrogens with two attached hydrogens (primary N) is 1. The standard InChI is InChI=1S/C10H10F3N3/c1-5(14)9-15-7-3-2-6(10(11,12)13)4-8(7)16-9/h2-5H,14H2,1H3,(H,15,16). The lowest BCUT2D eigenvalue weighted by molar-refractivity contribution is -0.137. The number of benzene rings is 1. The predicted octanol–water partition coefficient (Wildman–Crippen LogP) is 2.60. The van der Waals surface area contributed by atoms with Crippen LogP contribution in [-0.2, 0) is 6.18 Å². The molecule has 0 saturated heterocycles. The van der Waals surface area contributed by atoms with E-state index in [1.54, 1.807) is 6.92 Å². The first kappa shape index (κ1) is 10.9. The third-order valence-electron chi connectivity index (χ3n) is 2.26. The fraction of sp³-hybridized carbons (Fsp3) is 0.300. The maximum atomic E-state index is 12.4. The second kappa shape index (κ2) is 3.48. The fourth-order valence-corrected chi connectivity index (χ4v) is 1.42. The summed E-state index contributed by atoms with van der Waals surface area (Å²) in [5.41, 5.74) is 5.72. The molecule has 0 spiro atoms. The van der Waals surface area contributed by atoms with Gasteiger partial charge in [-0.3, -0.25) is 0 Å². The van der Waals surface area contributed by atoms with Gasteiger partial charge in [-0.15, -0.1) is 0 Å². The van der Waals surface area contributed by atoms with Gasteiger partial charge in [0.25, 0.3) is 0 Å². The van der Waals surface area contributed by atoms with Crippen LogP contribution in [0.3, 0.4) is 0 Å². The van der Waals surface area contributed by atoms with Crippen LogP contribution < -0.4 is 5.73 Å². The van der Waals surface area contributed by atoms with Crippen molar-refractivity contribution in [2.75, 3.05) is 0 Å². The zero-order chi connectivity index (χ0) is 11.9. The number of rotatable bonds is 1. The Morgan fingerprint density at radius 2 is 2.06 bits per heavy atom. The Bertz CT molecular complexity index is 513. The van der Waals surface area contributed by atoms with Crippen LogP contribution in [-0.4, -0.2) is 9.97 Å². The van der Waals surface area contributed by atoms with Gasteiger partial charge in [0.05, 0.1) is 22.6 Å². The van der Waals surface area contributed by atoms with E-state index in [-0.39, 0.29) is 11.6 Å². The number of imidazole rings is 1. The van der Waals surface area contributed by atoms with Gasteiger partial charge >= 0.3 is 6.18 Å². The highest BCUT2D eigenvalue weighted by atomic mass is 19.4. The van der Waals surface area contributed by atoms with E-state index in [0.29, 0.717) is 11.3 Å². The highest BCUT2D eigenvalue weighted by molar-refractivity contribution is 5.76. The molecule has 3 N–H and O–H groups in total. The van der Waals surface area contributed by atoms with Crippen LogP contribution in [0, 0.1) is 0 Å². The van der Waals surface area contributed by atoms with E-state index in [1.807, 2.05) is 0 Å². The van der Waals surface area contributed by atoms with E-state index in [9.17, 15) is 13.2 Å². The van der Waals surface area contributed by atoms with Crippen LogP contribution >= 0.6 is 0 Å². The SMILES string of the molecule is CC(N)c1nc2cc(C(F)(F)F)ccc2[nH]1. The van der Waals surface area contributed by atoms with Crippen LogP contribution in [0.15, 0.2) is 18.2 Å². The zero-order valence-electron chi connectivity index (χ0n) is 8.47. The molecule has 0 aliphatic rings. The molecule has 1 aromatic heterocycles. The van der Waals surface area contributed by atoms with Gasteiger partial charge in [0, 0.05) is 0 Å². The summed E-state index contributed by atoms with van der Waals surface area (Å²) >= 11 is 0. The second-order valence-electron chi connectivity index (χ2n) is 3.64. The van der Waals surface area contributed by atoms with E-state index in [1.165, 1.54) is 6.07 Å². The minimum Gasteiger partial charge on any atom is -0.341 e. The van der Waals surface area contributed by atoms with Gasteiger partial charge in [-0.25, -0.2) is 4.98 Å². The van der Waals surface area contributed by atoms with Crippen LogP contribution in [0.5, 0.6) is 0 Å². The molecule has 0 aliphatic heterocycles. The molecule has 0 amide bonds. The largest absolute Gasteiger partial charge is 0.416 e.